The number of benzene rings is 1. The first-order valence-electron chi connectivity index (χ1n) is 9.42. The molecule has 0 saturated heterocycles. The highest BCUT2D eigenvalue weighted by Crippen LogP contribution is 2.17. The predicted molar refractivity (Wildman–Crippen MR) is 106 cm³/mol. The van der Waals surface area contributed by atoms with Crippen molar-refractivity contribution >= 4 is 11.9 Å². The third-order valence-corrected chi connectivity index (χ3v) is 4.27. The number of hydrogen-bond donors (Lipinski definition) is 1. The number of carbonyl (C=O) groups is 2. The van der Waals surface area contributed by atoms with Gasteiger partial charge in [-0.25, -0.2) is 4.79 Å². The lowest BCUT2D eigenvalue weighted by molar-refractivity contribution is -0.124. The van der Waals surface area contributed by atoms with Gasteiger partial charge in [0.2, 0.25) is 0 Å². The number of carbonyl (C=O) groups excluding carboxylic acids is 2. The fourth-order valence-corrected chi connectivity index (χ4v) is 2.91. The van der Waals surface area contributed by atoms with Crippen LogP contribution >= 0.6 is 0 Å². The van der Waals surface area contributed by atoms with Crippen molar-refractivity contribution < 1.29 is 23.8 Å². The van der Waals surface area contributed by atoms with Crippen LogP contribution in [-0.4, -0.2) is 42.8 Å². The molecule has 0 aliphatic heterocycles. The average Bonchev–Trinajstić information content (AvgIpc) is 2.98. The van der Waals surface area contributed by atoms with Crippen molar-refractivity contribution in [3.8, 4) is 11.5 Å². The molecule has 0 atom stereocenters. The Bertz CT molecular complexity index is 796. The van der Waals surface area contributed by atoms with E-state index in [0.29, 0.717) is 31.1 Å². The van der Waals surface area contributed by atoms with Crippen LogP contribution in [0.5, 0.6) is 11.5 Å². The lowest BCUT2D eigenvalue weighted by atomic mass is 10.2. The molecule has 1 N–H and O–H groups in total. The zero-order valence-electron chi connectivity index (χ0n) is 16.9. The minimum atomic E-state index is -0.492. The van der Waals surface area contributed by atoms with E-state index < -0.39 is 5.97 Å². The molecule has 0 unspecified atom stereocenters. The molecule has 1 heterocycles. The molecule has 28 heavy (non-hydrogen) atoms. The molecule has 0 aliphatic carbocycles. The van der Waals surface area contributed by atoms with Crippen LogP contribution in [0, 0.1) is 13.8 Å². The van der Waals surface area contributed by atoms with E-state index in [4.69, 9.17) is 14.2 Å². The molecule has 2 aromatic rings. The van der Waals surface area contributed by atoms with Crippen molar-refractivity contribution in [2.75, 3.05) is 26.4 Å². The quantitative estimate of drug-likeness (QED) is 0.500. The summed E-state index contributed by atoms with van der Waals surface area (Å²) in [5, 5.41) is 2.66. The Labute approximate surface area is 165 Å². The van der Waals surface area contributed by atoms with Crippen LogP contribution in [0.25, 0.3) is 0 Å². The summed E-state index contributed by atoms with van der Waals surface area (Å²) in [6, 6.07) is 9.05. The number of aryl methyl sites for hydroxylation is 1. The predicted octanol–water partition coefficient (Wildman–Crippen LogP) is 2.88. The fourth-order valence-electron chi connectivity index (χ4n) is 2.91. The molecule has 0 spiro atoms. The highest BCUT2D eigenvalue weighted by molar-refractivity contribution is 5.92. The lowest BCUT2D eigenvalue weighted by Gasteiger charge is -2.09. The van der Waals surface area contributed by atoms with Gasteiger partial charge in [0.1, 0.15) is 18.1 Å². The van der Waals surface area contributed by atoms with Gasteiger partial charge < -0.3 is 24.1 Å². The van der Waals surface area contributed by atoms with Crippen LogP contribution < -0.4 is 14.8 Å². The highest BCUT2D eigenvalue weighted by atomic mass is 16.5. The van der Waals surface area contributed by atoms with Crippen LogP contribution in [0.4, 0.5) is 0 Å². The smallest absolute Gasteiger partial charge is 0.340 e. The zero-order valence-corrected chi connectivity index (χ0v) is 16.9. The van der Waals surface area contributed by atoms with Crippen LogP contribution in [0.15, 0.2) is 30.3 Å². The Morgan fingerprint density at radius 3 is 2.25 bits per heavy atom. The Balaban J connectivity index is 1.69. The molecular formula is C21H28N2O5. The normalized spacial score (nSPS) is 10.4. The monoisotopic (exact) mass is 388 g/mol. The van der Waals surface area contributed by atoms with Crippen LogP contribution in [0.3, 0.4) is 0 Å². The van der Waals surface area contributed by atoms with Gasteiger partial charge in [-0.2, -0.15) is 0 Å². The molecule has 1 aromatic heterocycles. The highest BCUT2D eigenvalue weighted by Gasteiger charge is 2.17. The summed E-state index contributed by atoms with van der Waals surface area (Å²) in [6.07, 6.45) is 0. The summed E-state index contributed by atoms with van der Waals surface area (Å²) < 4.78 is 18.0. The third kappa shape index (κ3) is 5.77. The van der Waals surface area contributed by atoms with E-state index in [-0.39, 0.29) is 12.5 Å². The lowest BCUT2D eigenvalue weighted by Crippen LogP contribution is -2.32. The second kappa shape index (κ2) is 10.4. The second-order valence-electron chi connectivity index (χ2n) is 6.21. The van der Waals surface area contributed by atoms with Gasteiger partial charge in [-0.1, -0.05) is 0 Å². The Kier molecular flexibility index (Phi) is 7.92. The van der Waals surface area contributed by atoms with E-state index in [9.17, 15) is 9.59 Å². The summed E-state index contributed by atoms with van der Waals surface area (Å²) in [7, 11) is 0. The molecular weight excluding hydrogens is 360 g/mol. The van der Waals surface area contributed by atoms with Gasteiger partial charge in [0, 0.05) is 17.9 Å². The maximum atomic E-state index is 12.2. The van der Waals surface area contributed by atoms with E-state index in [2.05, 4.69) is 5.32 Å². The van der Waals surface area contributed by atoms with E-state index in [1.165, 1.54) is 0 Å². The number of nitrogens with zero attached hydrogens (tertiary/aromatic N) is 1. The maximum absolute atomic E-state index is 12.2. The Morgan fingerprint density at radius 1 is 1.04 bits per heavy atom. The van der Waals surface area contributed by atoms with Crippen LogP contribution in [-0.2, 0) is 16.1 Å². The first-order valence-corrected chi connectivity index (χ1v) is 9.42. The minimum absolute atomic E-state index is 0.311. The first-order chi connectivity index (χ1) is 13.5. The van der Waals surface area contributed by atoms with Gasteiger partial charge in [-0.05, 0) is 58.0 Å². The SMILES string of the molecule is CCOc1ccc(OCCNC(=O)COC(=O)c2cc(C)n(CC)c2C)cc1. The van der Waals surface area contributed by atoms with Gasteiger partial charge >= 0.3 is 5.97 Å². The molecule has 0 aliphatic rings. The van der Waals surface area contributed by atoms with Crippen molar-refractivity contribution in [3.05, 3.63) is 47.3 Å². The fraction of sp³-hybridized carbons (Fsp3) is 0.429. The second-order valence-corrected chi connectivity index (χ2v) is 6.21. The molecule has 1 amide bonds. The third-order valence-electron chi connectivity index (χ3n) is 4.27. The van der Waals surface area contributed by atoms with Crippen LogP contribution in [0.2, 0.25) is 0 Å². The van der Waals surface area contributed by atoms with E-state index in [0.717, 1.165) is 23.7 Å². The molecule has 7 nitrogen and oxygen atoms in total. The minimum Gasteiger partial charge on any atom is -0.494 e. The Morgan fingerprint density at radius 2 is 1.68 bits per heavy atom. The van der Waals surface area contributed by atoms with Crippen molar-refractivity contribution in [2.45, 2.75) is 34.2 Å². The number of amides is 1. The number of nitrogens with one attached hydrogen (secondary N) is 1. The summed E-state index contributed by atoms with van der Waals surface area (Å²) in [6.45, 7) is 9.43. The number of ether oxygens (including phenoxy) is 3. The van der Waals surface area contributed by atoms with Gasteiger partial charge in [0.25, 0.3) is 5.91 Å². The van der Waals surface area contributed by atoms with Crippen LogP contribution in [0.1, 0.15) is 35.6 Å². The van der Waals surface area contributed by atoms with E-state index in [1.807, 2.05) is 44.4 Å². The topological polar surface area (TPSA) is 78.8 Å². The Hall–Kier alpha value is -2.96. The van der Waals surface area contributed by atoms with Gasteiger partial charge in [-0.3, -0.25) is 4.79 Å². The zero-order chi connectivity index (χ0) is 20.5. The average molecular weight is 388 g/mol. The molecule has 7 heteroatoms. The van der Waals surface area contributed by atoms with Crippen molar-refractivity contribution in [2.24, 2.45) is 0 Å². The van der Waals surface area contributed by atoms with Crippen molar-refractivity contribution in [3.63, 3.8) is 0 Å². The standard InChI is InChI=1S/C21H28N2O5/c1-5-23-15(3)13-19(16(23)4)21(25)28-14-20(24)22-11-12-27-18-9-7-17(8-10-18)26-6-2/h7-10,13H,5-6,11-12,14H2,1-4H3,(H,22,24). The van der Waals surface area contributed by atoms with Gasteiger partial charge in [-0.15, -0.1) is 0 Å². The van der Waals surface area contributed by atoms with Gasteiger partial charge in [0.15, 0.2) is 6.61 Å². The van der Waals surface area contributed by atoms with E-state index in [1.54, 1.807) is 18.2 Å². The number of aromatic nitrogens is 1. The molecule has 1 aromatic carbocycles. The van der Waals surface area contributed by atoms with Crippen molar-refractivity contribution in [1.29, 1.82) is 0 Å². The summed E-state index contributed by atoms with van der Waals surface area (Å²) in [5.74, 6) is 0.613. The summed E-state index contributed by atoms with van der Waals surface area (Å²) in [4.78, 5) is 24.0. The largest absolute Gasteiger partial charge is 0.494 e. The molecule has 0 radical (unpaired) electrons. The molecule has 0 bridgehead atoms. The number of esters is 1. The number of hydrogen-bond acceptors (Lipinski definition) is 5. The van der Waals surface area contributed by atoms with Crippen molar-refractivity contribution in [1.82, 2.24) is 9.88 Å². The maximum Gasteiger partial charge on any atom is 0.340 e. The number of rotatable bonds is 10. The summed E-state index contributed by atoms with van der Waals surface area (Å²) in [5.41, 5.74) is 2.32. The molecule has 152 valence electrons. The summed E-state index contributed by atoms with van der Waals surface area (Å²) >= 11 is 0. The van der Waals surface area contributed by atoms with E-state index >= 15 is 0 Å². The molecule has 0 saturated carbocycles. The molecule has 0 fully saturated rings. The molecule has 2 rings (SSSR count). The first kappa shape index (κ1) is 21.3. The van der Waals surface area contributed by atoms with Gasteiger partial charge in [0.05, 0.1) is 18.7 Å².